The molecule has 28 heavy (non-hydrogen) atoms. The average Bonchev–Trinajstić information content (AvgIpc) is 3.16. The lowest BCUT2D eigenvalue weighted by Gasteiger charge is -2.19. The number of guanidine groups is 1. The molecule has 2 N–H and O–H groups in total. The van der Waals surface area contributed by atoms with Crippen molar-refractivity contribution in [2.45, 2.75) is 27.3 Å². The lowest BCUT2D eigenvalue weighted by Crippen LogP contribution is -2.42. The fourth-order valence-corrected chi connectivity index (χ4v) is 4.04. The van der Waals surface area contributed by atoms with Crippen LogP contribution in [0.5, 0.6) is 0 Å². The molecule has 0 bridgehead atoms. The van der Waals surface area contributed by atoms with Gasteiger partial charge in [-0.2, -0.15) is 0 Å². The van der Waals surface area contributed by atoms with Crippen molar-refractivity contribution >= 4 is 16.0 Å². The van der Waals surface area contributed by atoms with Crippen molar-refractivity contribution in [3.63, 3.8) is 0 Å². The first-order chi connectivity index (χ1) is 13.5. The van der Waals surface area contributed by atoms with E-state index in [0.29, 0.717) is 43.7 Å². The van der Waals surface area contributed by atoms with Crippen LogP contribution in [0.25, 0.3) is 11.5 Å². The second-order valence-electron chi connectivity index (χ2n) is 6.03. The Morgan fingerprint density at radius 2 is 1.86 bits per heavy atom. The predicted octanol–water partition coefficient (Wildman–Crippen LogP) is 2.07. The van der Waals surface area contributed by atoms with Gasteiger partial charge < -0.3 is 15.1 Å². The molecule has 0 aliphatic rings. The zero-order valence-corrected chi connectivity index (χ0v) is 17.5. The van der Waals surface area contributed by atoms with Crippen LogP contribution in [-0.4, -0.2) is 55.6 Å². The van der Waals surface area contributed by atoms with Crippen LogP contribution in [0.2, 0.25) is 0 Å². The molecule has 2 aromatic rings. The Morgan fingerprint density at radius 1 is 1.14 bits per heavy atom. The van der Waals surface area contributed by atoms with Crippen LogP contribution in [0.1, 0.15) is 26.5 Å². The van der Waals surface area contributed by atoms with Crippen LogP contribution >= 0.6 is 0 Å². The Balaban J connectivity index is 1.94. The summed E-state index contributed by atoms with van der Waals surface area (Å²) in [6.45, 7) is 7.85. The summed E-state index contributed by atoms with van der Waals surface area (Å²) < 4.78 is 31.5. The van der Waals surface area contributed by atoms with Crippen molar-refractivity contribution in [1.82, 2.24) is 19.9 Å². The van der Waals surface area contributed by atoms with E-state index in [2.05, 4.69) is 20.6 Å². The van der Waals surface area contributed by atoms with E-state index in [4.69, 9.17) is 4.42 Å². The molecule has 0 radical (unpaired) electrons. The van der Waals surface area contributed by atoms with Gasteiger partial charge in [-0.05, 0) is 19.1 Å². The summed E-state index contributed by atoms with van der Waals surface area (Å²) in [5.74, 6) is 1.11. The van der Waals surface area contributed by atoms with E-state index < -0.39 is 10.0 Å². The SMILES string of the molecule is CCNC(=NCc1coc(-c2ccccc2)n1)NCCS(=O)(=O)N(CC)CC. The summed E-state index contributed by atoms with van der Waals surface area (Å²) in [7, 11) is -3.27. The zero-order chi connectivity index (χ0) is 20.4. The van der Waals surface area contributed by atoms with Gasteiger partial charge in [-0.1, -0.05) is 32.0 Å². The summed E-state index contributed by atoms with van der Waals surface area (Å²) in [6.07, 6.45) is 1.58. The normalized spacial score (nSPS) is 12.4. The van der Waals surface area contributed by atoms with Gasteiger partial charge in [0.05, 0.1) is 12.3 Å². The van der Waals surface area contributed by atoms with Crippen LogP contribution in [0.15, 0.2) is 46.0 Å². The van der Waals surface area contributed by atoms with Crippen molar-refractivity contribution in [1.29, 1.82) is 0 Å². The Hall–Kier alpha value is -2.39. The third-order valence-electron chi connectivity index (χ3n) is 4.07. The minimum Gasteiger partial charge on any atom is -0.444 e. The lowest BCUT2D eigenvalue weighted by molar-refractivity contribution is 0.445. The summed E-state index contributed by atoms with van der Waals surface area (Å²) in [6, 6.07) is 9.65. The minimum absolute atomic E-state index is 0.0151. The number of sulfonamides is 1. The van der Waals surface area contributed by atoms with Gasteiger partial charge in [-0.15, -0.1) is 0 Å². The first-order valence-corrected chi connectivity index (χ1v) is 11.1. The molecule has 0 aliphatic carbocycles. The van der Waals surface area contributed by atoms with E-state index >= 15 is 0 Å². The Bertz CT molecular complexity index is 845. The van der Waals surface area contributed by atoms with Gasteiger partial charge in [-0.3, -0.25) is 0 Å². The fraction of sp³-hybridized carbons (Fsp3) is 0.474. The molecule has 0 aliphatic heterocycles. The third kappa shape index (κ3) is 6.35. The van der Waals surface area contributed by atoms with Crippen molar-refractivity contribution in [3.8, 4) is 11.5 Å². The molecule has 2 rings (SSSR count). The number of nitrogens with zero attached hydrogens (tertiary/aromatic N) is 3. The van der Waals surface area contributed by atoms with Crippen molar-refractivity contribution < 1.29 is 12.8 Å². The van der Waals surface area contributed by atoms with Crippen molar-refractivity contribution in [2.75, 3.05) is 31.9 Å². The minimum atomic E-state index is -3.27. The van der Waals surface area contributed by atoms with E-state index in [1.54, 1.807) is 6.26 Å². The molecular weight excluding hydrogens is 378 g/mol. The average molecular weight is 408 g/mol. The van der Waals surface area contributed by atoms with Gasteiger partial charge in [0, 0.05) is 31.7 Å². The topological polar surface area (TPSA) is 99.8 Å². The van der Waals surface area contributed by atoms with Gasteiger partial charge >= 0.3 is 0 Å². The number of benzene rings is 1. The molecule has 0 amide bonds. The van der Waals surface area contributed by atoms with Gasteiger partial charge in [0.1, 0.15) is 12.0 Å². The summed E-state index contributed by atoms with van der Waals surface area (Å²) >= 11 is 0. The highest BCUT2D eigenvalue weighted by Gasteiger charge is 2.18. The van der Waals surface area contributed by atoms with Gasteiger partial charge in [0.25, 0.3) is 0 Å². The predicted molar refractivity (Wildman–Crippen MR) is 111 cm³/mol. The smallest absolute Gasteiger partial charge is 0.226 e. The molecule has 1 aromatic heterocycles. The van der Waals surface area contributed by atoms with Crippen LogP contribution in [0.4, 0.5) is 0 Å². The van der Waals surface area contributed by atoms with E-state index in [-0.39, 0.29) is 12.3 Å². The highest BCUT2D eigenvalue weighted by molar-refractivity contribution is 7.89. The molecule has 154 valence electrons. The van der Waals surface area contributed by atoms with Crippen LogP contribution < -0.4 is 10.6 Å². The standard InChI is InChI=1S/C19H29N5O3S/c1-4-20-19(21-12-13-28(25,26)24(5-2)6-3)22-14-17-15-27-18(23-17)16-10-8-7-9-11-16/h7-11,15H,4-6,12-14H2,1-3H3,(H2,20,21,22). The number of hydrogen-bond acceptors (Lipinski definition) is 5. The molecule has 1 aromatic carbocycles. The molecule has 0 saturated carbocycles. The van der Waals surface area contributed by atoms with E-state index in [9.17, 15) is 8.42 Å². The Labute approximate surface area is 167 Å². The van der Waals surface area contributed by atoms with Crippen LogP contribution in [0, 0.1) is 0 Å². The first-order valence-electron chi connectivity index (χ1n) is 9.50. The number of aromatic nitrogens is 1. The lowest BCUT2D eigenvalue weighted by atomic mass is 10.2. The van der Waals surface area contributed by atoms with Crippen molar-refractivity contribution in [3.05, 3.63) is 42.3 Å². The largest absolute Gasteiger partial charge is 0.444 e. The maximum atomic E-state index is 12.3. The molecule has 0 spiro atoms. The molecule has 0 fully saturated rings. The molecule has 1 heterocycles. The van der Waals surface area contributed by atoms with Gasteiger partial charge in [0.2, 0.25) is 15.9 Å². The summed E-state index contributed by atoms with van der Waals surface area (Å²) in [5.41, 5.74) is 1.61. The number of oxazole rings is 1. The quantitative estimate of drug-likeness (QED) is 0.462. The number of nitrogens with one attached hydrogen (secondary N) is 2. The van der Waals surface area contributed by atoms with Gasteiger partial charge in [-0.25, -0.2) is 22.7 Å². The van der Waals surface area contributed by atoms with Gasteiger partial charge in [0.15, 0.2) is 5.96 Å². The summed E-state index contributed by atoms with van der Waals surface area (Å²) in [5, 5.41) is 6.17. The van der Waals surface area contributed by atoms with E-state index in [1.165, 1.54) is 4.31 Å². The molecule has 0 atom stereocenters. The third-order valence-corrected chi connectivity index (χ3v) is 6.09. The highest BCUT2D eigenvalue weighted by atomic mass is 32.2. The molecular formula is C19H29N5O3S. The molecule has 0 unspecified atom stereocenters. The van der Waals surface area contributed by atoms with E-state index in [0.717, 1.165) is 5.56 Å². The van der Waals surface area contributed by atoms with Crippen LogP contribution in [-0.2, 0) is 16.6 Å². The van der Waals surface area contributed by atoms with Crippen molar-refractivity contribution in [2.24, 2.45) is 4.99 Å². The molecule has 9 heteroatoms. The number of aliphatic imine (C=N–C) groups is 1. The maximum absolute atomic E-state index is 12.3. The number of hydrogen-bond donors (Lipinski definition) is 2. The highest BCUT2D eigenvalue weighted by Crippen LogP contribution is 2.18. The molecule has 0 saturated heterocycles. The monoisotopic (exact) mass is 407 g/mol. The Kier molecular flexibility index (Phi) is 8.46. The Morgan fingerprint density at radius 3 is 2.50 bits per heavy atom. The van der Waals surface area contributed by atoms with Crippen LogP contribution in [0.3, 0.4) is 0 Å². The zero-order valence-electron chi connectivity index (χ0n) is 16.7. The first kappa shape index (κ1) is 21.9. The second-order valence-corrected chi connectivity index (χ2v) is 8.12. The maximum Gasteiger partial charge on any atom is 0.226 e. The molecule has 8 nitrogen and oxygen atoms in total. The fourth-order valence-electron chi connectivity index (χ4n) is 2.64. The summed E-state index contributed by atoms with van der Waals surface area (Å²) in [4.78, 5) is 8.90. The van der Waals surface area contributed by atoms with E-state index in [1.807, 2.05) is 51.1 Å². The number of rotatable bonds is 10. The second kappa shape index (κ2) is 10.8.